The van der Waals surface area contributed by atoms with Crippen LogP contribution >= 0.6 is 23.8 Å². The van der Waals surface area contributed by atoms with Crippen LogP contribution in [0.5, 0.6) is 0 Å². The fourth-order valence-corrected chi connectivity index (χ4v) is 3.98. The van der Waals surface area contributed by atoms with Crippen LogP contribution in [0.25, 0.3) is 0 Å². The molecular formula is C21H26ClN3OS. The van der Waals surface area contributed by atoms with Gasteiger partial charge in [0.25, 0.3) is 0 Å². The summed E-state index contributed by atoms with van der Waals surface area (Å²) in [6, 6.07) is 16.7. The number of benzene rings is 2. The molecule has 2 N–H and O–H groups in total. The fraction of sp³-hybridized carbons (Fsp3) is 0.381. The summed E-state index contributed by atoms with van der Waals surface area (Å²) in [5.74, 6) is 0. The van der Waals surface area contributed by atoms with Gasteiger partial charge in [-0.25, -0.2) is 0 Å². The van der Waals surface area contributed by atoms with Crippen LogP contribution in [0.4, 0.5) is 5.69 Å². The van der Waals surface area contributed by atoms with E-state index < -0.39 is 0 Å². The molecule has 0 radical (unpaired) electrons. The molecule has 0 spiro atoms. The molecule has 144 valence electrons. The van der Waals surface area contributed by atoms with Crippen LogP contribution in [0.3, 0.4) is 0 Å². The Labute approximate surface area is 171 Å². The van der Waals surface area contributed by atoms with Gasteiger partial charge in [0, 0.05) is 29.8 Å². The highest BCUT2D eigenvalue weighted by Crippen LogP contribution is 2.26. The Morgan fingerprint density at radius 1 is 1.11 bits per heavy atom. The minimum atomic E-state index is 0.130. The number of anilines is 1. The molecule has 2 atom stereocenters. The van der Waals surface area contributed by atoms with E-state index in [0.717, 1.165) is 42.6 Å². The maximum Gasteiger partial charge on any atom is 0.171 e. The molecule has 0 amide bonds. The van der Waals surface area contributed by atoms with Gasteiger partial charge in [0.05, 0.1) is 19.3 Å². The average Bonchev–Trinajstić information content (AvgIpc) is 2.67. The van der Waals surface area contributed by atoms with Crippen molar-refractivity contribution in [3.8, 4) is 0 Å². The molecule has 1 aliphatic rings. The van der Waals surface area contributed by atoms with E-state index >= 15 is 0 Å². The maximum atomic E-state index is 6.21. The number of rotatable bonds is 5. The van der Waals surface area contributed by atoms with Crippen LogP contribution in [0.1, 0.15) is 24.1 Å². The molecule has 0 bridgehead atoms. The molecule has 0 aromatic heterocycles. The first-order chi connectivity index (χ1) is 13.1. The lowest BCUT2D eigenvalue weighted by molar-refractivity contribution is 0.0102. The minimum Gasteiger partial charge on any atom is -0.379 e. The Bertz CT molecular complexity index is 765. The molecule has 4 nitrogen and oxygen atoms in total. The van der Waals surface area contributed by atoms with Crippen molar-refractivity contribution < 1.29 is 4.74 Å². The number of nitrogens with one attached hydrogen (secondary N) is 2. The van der Waals surface area contributed by atoms with Crippen molar-refractivity contribution in [2.45, 2.75) is 25.9 Å². The summed E-state index contributed by atoms with van der Waals surface area (Å²) in [6.07, 6.45) is 0. The summed E-state index contributed by atoms with van der Waals surface area (Å²) in [5, 5.41) is 8.08. The first kappa shape index (κ1) is 20.1. The third kappa shape index (κ3) is 5.20. The van der Waals surface area contributed by atoms with Gasteiger partial charge in [-0.1, -0.05) is 48.0 Å². The molecule has 27 heavy (non-hydrogen) atoms. The summed E-state index contributed by atoms with van der Waals surface area (Å²) in [6.45, 7) is 7.52. The first-order valence-electron chi connectivity index (χ1n) is 9.25. The van der Waals surface area contributed by atoms with Crippen LogP contribution < -0.4 is 10.6 Å². The first-order valence-corrected chi connectivity index (χ1v) is 10.0. The maximum absolute atomic E-state index is 6.21. The lowest BCUT2D eigenvalue weighted by Gasteiger charge is -2.38. The molecule has 2 aromatic carbocycles. The Kier molecular flexibility index (Phi) is 7.07. The number of nitrogens with zero attached hydrogens (tertiary/aromatic N) is 1. The summed E-state index contributed by atoms with van der Waals surface area (Å²) in [5.41, 5.74) is 3.19. The Morgan fingerprint density at radius 3 is 2.52 bits per heavy atom. The van der Waals surface area contributed by atoms with Gasteiger partial charge in [-0.3, -0.25) is 4.90 Å². The number of halogens is 1. The minimum absolute atomic E-state index is 0.130. The van der Waals surface area contributed by atoms with Crippen molar-refractivity contribution in [2.24, 2.45) is 0 Å². The fourth-order valence-electron chi connectivity index (χ4n) is 3.51. The van der Waals surface area contributed by atoms with Crippen molar-refractivity contribution in [1.29, 1.82) is 0 Å². The number of thiocarbonyl (C=S) groups is 1. The molecule has 1 saturated heterocycles. The largest absolute Gasteiger partial charge is 0.379 e. The number of hydrogen-bond donors (Lipinski definition) is 2. The predicted molar refractivity (Wildman–Crippen MR) is 117 cm³/mol. The molecule has 2 aromatic rings. The van der Waals surface area contributed by atoms with Gasteiger partial charge in [0.2, 0.25) is 0 Å². The molecule has 1 fully saturated rings. The standard InChI is InChI=1S/C21H26ClN3OS/c1-15-18(22)9-6-10-19(15)24-21(27)23-16(2)20(17-7-4-3-5-8-17)25-11-13-26-14-12-25/h3-10,16,20H,11-14H2,1-2H3,(H2,23,24,27)/t16-,20+/m0/s1. The average molecular weight is 404 g/mol. The zero-order chi connectivity index (χ0) is 19.2. The topological polar surface area (TPSA) is 36.5 Å². The predicted octanol–water partition coefficient (Wildman–Crippen LogP) is 4.40. The zero-order valence-corrected chi connectivity index (χ0v) is 17.3. The van der Waals surface area contributed by atoms with Crippen LogP contribution in [-0.2, 0) is 4.74 Å². The highest BCUT2D eigenvalue weighted by molar-refractivity contribution is 7.80. The third-order valence-corrected chi connectivity index (χ3v) is 5.56. The van der Waals surface area contributed by atoms with Crippen molar-refractivity contribution in [3.05, 3.63) is 64.7 Å². The van der Waals surface area contributed by atoms with Gasteiger partial charge < -0.3 is 15.4 Å². The van der Waals surface area contributed by atoms with Crippen LogP contribution in [0.15, 0.2) is 48.5 Å². The van der Waals surface area contributed by atoms with E-state index in [-0.39, 0.29) is 12.1 Å². The summed E-state index contributed by atoms with van der Waals surface area (Å²) >= 11 is 11.8. The molecular weight excluding hydrogens is 378 g/mol. The number of morpholine rings is 1. The molecule has 0 unspecified atom stereocenters. The van der Waals surface area contributed by atoms with Gasteiger partial charge in [-0.2, -0.15) is 0 Å². The highest BCUT2D eigenvalue weighted by atomic mass is 35.5. The van der Waals surface area contributed by atoms with Crippen LogP contribution in [0.2, 0.25) is 5.02 Å². The smallest absolute Gasteiger partial charge is 0.171 e. The Balaban J connectivity index is 1.72. The lowest BCUT2D eigenvalue weighted by Crippen LogP contribution is -2.49. The van der Waals surface area contributed by atoms with Gasteiger partial charge in [-0.05, 0) is 49.3 Å². The second-order valence-corrected chi connectivity index (χ2v) is 7.62. The van der Waals surface area contributed by atoms with E-state index in [1.165, 1.54) is 5.56 Å². The van der Waals surface area contributed by atoms with E-state index in [4.69, 9.17) is 28.6 Å². The van der Waals surface area contributed by atoms with Crippen molar-refractivity contribution in [1.82, 2.24) is 10.2 Å². The molecule has 0 aliphatic carbocycles. The zero-order valence-electron chi connectivity index (χ0n) is 15.7. The van der Waals surface area contributed by atoms with E-state index in [1.807, 2.05) is 31.2 Å². The highest BCUT2D eigenvalue weighted by Gasteiger charge is 2.28. The van der Waals surface area contributed by atoms with Gasteiger partial charge in [-0.15, -0.1) is 0 Å². The molecule has 6 heteroatoms. The van der Waals surface area contributed by atoms with Crippen molar-refractivity contribution in [3.63, 3.8) is 0 Å². The summed E-state index contributed by atoms with van der Waals surface area (Å²) in [7, 11) is 0. The monoisotopic (exact) mass is 403 g/mol. The summed E-state index contributed by atoms with van der Waals surface area (Å²) < 4.78 is 5.54. The molecule has 3 rings (SSSR count). The third-order valence-electron chi connectivity index (χ3n) is 4.93. The Morgan fingerprint density at radius 2 is 1.81 bits per heavy atom. The Hall–Kier alpha value is -1.66. The second-order valence-electron chi connectivity index (χ2n) is 6.80. The quantitative estimate of drug-likeness (QED) is 0.724. The van der Waals surface area contributed by atoms with Crippen LogP contribution in [-0.4, -0.2) is 42.4 Å². The SMILES string of the molecule is Cc1c(Cl)cccc1NC(=S)N[C@@H](C)[C@H](c1ccccc1)N1CCOCC1. The lowest BCUT2D eigenvalue weighted by atomic mass is 9.98. The normalized spacial score (nSPS) is 17.1. The van der Waals surface area contributed by atoms with Crippen LogP contribution in [0, 0.1) is 6.92 Å². The molecule has 1 heterocycles. The van der Waals surface area contributed by atoms with Gasteiger partial charge in [0.15, 0.2) is 5.11 Å². The van der Waals surface area contributed by atoms with E-state index in [9.17, 15) is 0 Å². The molecule has 0 saturated carbocycles. The van der Waals surface area contributed by atoms with E-state index in [0.29, 0.717) is 5.11 Å². The van der Waals surface area contributed by atoms with E-state index in [2.05, 4.69) is 46.7 Å². The number of ether oxygens (including phenoxy) is 1. The second kappa shape index (κ2) is 9.51. The molecule has 1 aliphatic heterocycles. The van der Waals surface area contributed by atoms with Crippen molar-refractivity contribution in [2.75, 3.05) is 31.6 Å². The van der Waals surface area contributed by atoms with E-state index in [1.54, 1.807) is 0 Å². The summed E-state index contributed by atoms with van der Waals surface area (Å²) in [4.78, 5) is 2.46. The van der Waals surface area contributed by atoms with Gasteiger partial charge in [0.1, 0.15) is 0 Å². The van der Waals surface area contributed by atoms with Crippen molar-refractivity contribution >= 4 is 34.6 Å². The number of hydrogen-bond acceptors (Lipinski definition) is 3. The van der Waals surface area contributed by atoms with Gasteiger partial charge >= 0.3 is 0 Å².